The normalized spacial score (nSPS) is 13.0. The largest absolute Gasteiger partial charge is 0.486 e. The Morgan fingerprint density at radius 3 is 2.67 bits per heavy atom. The zero-order chi connectivity index (χ0) is 19.2. The molecule has 0 saturated heterocycles. The minimum atomic E-state index is -2.88. The number of ether oxygens (including phenoxy) is 4. The van der Waals surface area contributed by atoms with E-state index in [4.69, 9.17) is 25.8 Å². The molecule has 8 heteroatoms. The fraction of sp³-hybridized carbons (Fsp3) is 0.211. The van der Waals surface area contributed by atoms with Crippen LogP contribution in [-0.4, -0.2) is 25.8 Å². The van der Waals surface area contributed by atoms with E-state index in [1.54, 1.807) is 24.3 Å². The summed E-state index contributed by atoms with van der Waals surface area (Å²) >= 11 is 6.13. The summed E-state index contributed by atoms with van der Waals surface area (Å²) in [5, 5.41) is 0.389. The number of carbonyl (C=O) groups is 1. The molecule has 1 aliphatic heterocycles. The molecule has 0 N–H and O–H groups in total. The van der Waals surface area contributed by atoms with Crippen LogP contribution >= 0.6 is 11.6 Å². The second-order valence-electron chi connectivity index (χ2n) is 5.49. The first-order valence-electron chi connectivity index (χ1n) is 7.99. The molecule has 2 aromatic carbocycles. The van der Waals surface area contributed by atoms with E-state index >= 15 is 0 Å². The predicted octanol–water partition coefficient (Wildman–Crippen LogP) is 4.47. The average molecular weight is 397 g/mol. The van der Waals surface area contributed by atoms with Gasteiger partial charge in [0, 0.05) is 6.08 Å². The number of fused-ring (bicyclic) bond motifs is 1. The number of hydrogen-bond donors (Lipinski definition) is 0. The summed E-state index contributed by atoms with van der Waals surface area (Å²) in [5.74, 6) is 0.479. The van der Waals surface area contributed by atoms with E-state index in [1.807, 2.05) is 0 Å². The molecule has 27 heavy (non-hydrogen) atoms. The second-order valence-corrected chi connectivity index (χ2v) is 5.90. The van der Waals surface area contributed by atoms with Crippen molar-refractivity contribution in [3.8, 4) is 17.2 Å². The highest BCUT2D eigenvalue weighted by Gasteiger charge is 2.17. The first-order valence-corrected chi connectivity index (χ1v) is 8.37. The summed E-state index contributed by atoms with van der Waals surface area (Å²) in [6.45, 7) is -2.01. The molecule has 2 aromatic rings. The van der Waals surface area contributed by atoms with Gasteiger partial charge in [-0.3, -0.25) is 0 Å². The van der Waals surface area contributed by atoms with Gasteiger partial charge in [0.25, 0.3) is 0 Å². The third-order valence-corrected chi connectivity index (χ3v) is 3.84. The van der Waals surface area contributed by atoms with Gasteiger partial charge in [-0.2, -0.15) is 8.78 Å². The Labute approximate surface area is 159 Å². The van der Waals surface area contributed by atoms with E-state index in [2.05, 4.69) is 4.74 Å². The van der Waals surface area contributed by atoms with Crippen LogP contribution < -0.4 is 14.2 Å². The third-order valence-electron chi connectivity index (χ3n) is 3.55. The van der Waals surface area contributed by atoms with E-state index in [1.165, 1.54) is 24.3 Å². The van der Waals surface area contributed by atoms with Crippen molar-refractivity contribution in [1.29, 1.82) is 0 Å². The number of halogens is 3. The van der Waals surface area contributed by atoms with Gasteiger partial charge in [-0.1, -0.05) is 23.7 Å². The third kappa shape index (κ3) is 5.34. The fourth-order valence-electron chi connectivity index (χ4n) is 2.37. The molecule has 0 fully saturated rings. The predicted molar refractivity (Wildman–Crippen MR) is 94.3 cm³/mol. The molecule has 5 nitrogen and oxygen atoms in total. The van der Waals surface area contributed by atoms with E-state index in [9.17, 15) is 13.6 Å². The van der Waals surface area contributed by atoms with Crippen molar-refractivity contribution in [1.82, 2.24) is 0 Å². The smallest absolute Gasteiger partial charge is 0.387 e. The first-order chi connectivity index (χ1) is 13.0. The van der Waals surface area contributed by atoms with Gasteiger partial charge in [0.05, 0.1) is 5.02 Å². The lowest BCUT2D eigenvalue weighted by Crippen LogP contribution is -2.16. The maximum atomic E-state index is 12.1. The quantitative estimate of drug-likeness (QED) is 0.532. The number of hydrogen-bond acceptors (Lipinski definition) is 5. The maximum Gasteiger partial charge on any atom is 0.387 e. The van der Waals surface area contributed by atoms with Crippen LogP contribution in [-0.2, 0) is 16.1 Å². The van der Waals surface area contributed by atoms with Crippen molar-refractivity contribution in [3.05, 3.63) is 58.6 Å². The van der Waals surface area contributed by atoms with Gasteiger partial charge in [0.1, 0.15) is 25.6 Å². The average Bonchev–Trinajstić information content (AvgIpc) is 2.65. The van der Waals surface area contributed by atoms with Crippen molar-refractivity contribution >= 4 is 23.6 Å². The van der Waals surface area contributed by atoms with Crippen LogP contribution in [0.5, 0.6) is 17.2 Å². The highest BCUT2D eigenvalue weighted by atomic mass is 35.5. The van der Waals surface area contributed by atoms with Gasteiger partial charge < -0.3 is 18.9 Å². The molecule has 142 valence electrons. The summed E-state index contributed by atoms with van der Waals surface area (Å²) in [5.41, 5.74) is 1.30. The van der Waals surface area contributed by atoms with Crippen LogP contribution in [0.2, 0.25) is 5.02 Å². The Morgan fingerprint density at radius 2 is 1.93 bits per heavy atom. The number of benzene rings is 2. The van der Waals surface area contributed by atoms with Crippen LogP contribution in [0.15, 0.2) is 42.5 Å². The van der Waals surface area contributed by atoms with Gasteiger partial charge in [-0.25, -0.2) is 4.79 Å². The lowest BCUT2D eigenvalue weighted by atomic mass is 10.2. The molecule has 3 rings (SSSR count). The van der Waals surface area contributed by atoms with Crippen molar-refractivity contribution in [3.63, 3.8) is 0 Å². The zero-order valence-corrected chi connectivity index (χ0v) is 14.7. The van der Waals surface area contributed by atoms with Gasteiger partial charge in [0.2, 0.25) is 0 Å². The lowest BCUT2D eigenvalue weighted by Gasteiger charge is -2.20. The summed E-state index contributed by atoms with van der Waals surface area (Å²) in [4.78, 5) is 11.9. The van der Waals surface area contributed by atoms with Crippen LogP contribution in [0.25, 0.3) is 6.08 Å². The molecule has 0 amide bonds. The highest BCUT2D eigenvalue weighted by molar-refractivity contribution is 6.32. The van der Waals surface area contributed by atoms with E-state index < -0.39 is 12.6 Å². The highest BCUT2D eigenvalue weighted by Crippen LogP contribution is 2.38. The van der Waals surface area contributed by atoms with Crippen molar-refractivity contribution in [2.75, 3.05) is 13.2 Å². The minimum Gasteiger partial charge on any atom is -0.486 e. The Kier molecular flexibility index (Phi) is 6.13. The molecule has 0 unspecified atom stereocenters. The molecule has 0 aromatic heterocycles. The molecular formula is C19H15ClF2O5. The SMILES string of the molecule is O=C(/C=C/c1ccc(OC(F)F)cc1)OCc1cc(Cl)c2c(c1)OCCO2. The molecule has 0 spiro atoms. The molecule has 1 heterocycles. The molecule has 1 aliphatic rings. The first kappa shape index (κ1) is 19.0. The minimum absolute atomic E-state index is 0.0146. The van der Waals surface area contributed by atoms with Gasteiger partial charge in [-0.15, -0.1) is 0 Å². The Morgan fingerprint density at radius 1 is 1.19 bits per heavy atom. The zero-order valence-electron chi connectivity index (χ0n) is 14.0. The van der Waals surface area contributed by atoms with E-state index in [-0.39, 0.29) is 12.4 Å². The number of alkyl halides is 2. The van der Waals surface area contributed by atoms with Gasteiger partial charge in [-0.05, 0) is 41.5 Å². The lowest BCUT2D eigenvalue weighted by molar-refractivity contribution is -0.138. The monoisotopic (exact) mass is 396 g/mol. The van der Waals surface area contributed by atoms with Crippen molar-refractivity contribution < 1.29 is 32.5 Å². The Bertz CT molecular complexity index is 837. The molecule has 0 radical (unpaired) electrons. The Balaban J connectivity index is 1.55. The van der Waals surface area contributed by atoms with Crippen molar-refractivity contribution in [2.45, 2.75) is 13.2 Å². The number of esters is 1. The number of carbonyl (C=O) groups excluding carboxylic acids is 1. The molecule has 0 bridgehead atoms. The second kappa shape index (κ2) is 8.73. The fourth-order valence-corrected chi connectivity index (χ4v) is 2.66. The molecule has 0 saturated carbocycles. The van der Waals surface area contributed by atoms with E-state index in [0.29, 0.717) is 40.9 Å². The topological polar surface area (TPSA) is 54.0 Å². The molecular weight excluding hydrogens is 382 g/mol. The standard InChI is InChI=1S/C19H15ClF2O5/c20-15-9-13(10-16-18(15)25-8-7-24-16)11-26-17(23)6-3-12-1-4-14(5-2-12)27-19(21)22/h1-6,9-10,19H,7-8,11H2/b6-3+. The van der Waals surface area contributed by atoms with Crippen LogP contribution in [0.4, 0.5) is 8.78 Å². The van der Waals surface area contributed by atoms with Crippen LogP contribution in [0.1, 0.15) is 11.1 Å². The summed E-state index contributed by atoms with van der Waals surface area (Å²) in [7, 11) is 0. The summed E-state index contributed by atoms with van der Waals surface area (Å²) in [6.07, 6.45) is 2.74. The number of rotatable bonds is 6. The van der Waals surface area contributed by atoms with Crippen LogP contribution in [0.3, 0.4) is 0 Å². The molecule has 0 atom stereocenters. The van der Waals surface area contributed by atoms with Gasteiger partial charge >= 0.3 is 12.6 Å². The Hall–Kier alpha value is -2.80. The van der Waals surface area contributed by atoms with Crippen molar-refractivity contribution in [2.24, 2.45) is 0 Å². The summed E-state index contributed by atoms with van der Waals surface area (Å²) < 4.78 is 44.5. The van der Waals surface area contributed by atoms with Crippen LogP contribution in [0, 0.1) is 0 Å². The summed E-state index contributed by atoms with van der Waals surface area (Å²) in [6, 6.07) is 9.21. The molecule has 0 aliphatic carbocycles. The maximum absolute atomic E-state index is 12.1. The van der Waals surface area contributed by atoms with E-state index in [0.717, 1.165) is 0 Å². The van der Waals surface area contributed by atoms with Gasteiger partial charge in [0.15, 0.2) is 11.5 Å².